The first-order valence-electron chi connectivity index (χ1n) is 10.1. The van der Waals surface area contributed by atoms with Gasteiger partial charge in [-0.2, -0.15) is 0 Å². The molecule has 0 radical (unpaired) electrons. The van der Waals surface area contributed by atoms with Gasteiger partial charge in [-0.15, -0.1) is 0 Å². The van der Waals surface area contributed by atoms with Gasteiger partial charge in [0.2, 0.25) is 0 Å². The zero-order valence-corrected chi connectivity index (χ0v) is 17.3. The average molecular weight is 393 g/mol. The van der Waals surface area contributed by atoms with Crippen LogP contribution in [-0.4, -0.2) is 60.0 Å². The maximum Gasteiger partial charge on any atom is 0.270 e. The fraction of sp³-hybridized carbons (Fsp3) is 0.348. The Balaban J connectivity index is 1.60. The number of hydrogen-bond donors (Lipinski definition) is 1. The number of allylic oxidation sites excluding steroid dienone is 1. The fourth-order valence-corrected chi connectivity index (χ4v) is 3.71. The van der Waals surface area contributed by atoms with Crippen LogP contribution in [0.25, 0.3) is 6.08 Å². The smallest absolute Gasteiger partial charge is 0.270 e. The summed E-state index contributed by atoms with van der Waals surface area (Å²) in [7, 11) is 2.08. The van der Waals surface area contributed by atoms with Gasteiger partial charge in [-0.3, -0.25) is 9.69 Å². The van der Waals surface area contributed by atoms with Crippen LogP contribution >= 0.6 is 0 Å². The normalized spacial score (nSPS) is 17.0. The lowest BCUT2D eigenvalue weighted by Crippen LogP contribution is -2.47. The molecule has 0 saturated carbocycles. The molecule has 29 heavy (non-hydrogen) atoms. The van der Waals surface area contributed by atoms with Crippen LogP contribution in [0.5, 0.6) is 5.75 Å². The molecule has 2 aliphatic rings. The number of aromatic nitrogens is 1. The van der Waals surface area contributed by atoms with Gasteiger partial charge < -0.3 is 19.5 Å². The monoisotopic (exact) mass is 392 g/mol. The van der Waals surface area contributed by atoms with Crippen molar-refractivity contribution in [3.63, 3.8) is 0 Å². The number of carbonyl (C=O) groups excluding carboxylic acids is 1. The highest BCUT2D eigenvalue weighted by molar-refractivity contribution is 5.96. The molecule has 0 spiro atoms. The lowest BCUT2D eigenvalue weighted by molar-refractivity contribution is 0.0659. The topological polar surface area (TPSA) is 51.8 Å². The number of nitrogens with zero attached hydrogens (tertiary/aromatic N) is 3. The lowest BCUT2D eigenvalue weighted by Gasteiger charge is -2.32. The number of ether oxygens (including phenoxy) is 1. The molecule has 1 amide bonds. The zero-order chi connectivity index (χ0) is 20.5. The number of rotatable bonds is 4. The van der Waals surface area contributed by atoms with Crippen LogP contribution in [-0.2, 0) is 0 Å². The van der Waals surface area contributed by atoms with Crippen molar-refractivity contribution in [3.8, 4) is 5.75 Å². The first-order valence-corrected chi connectivity index (χ1v) is 10.1. The predicted molar refractivity (Wildman–Crippen MR) is 117 cm³/mol. The molecule has 6 nitrogen and oxygen atoms in total. The van der Waals surface area contributed by atoms with Crippen molar-refractivity contribution in [2.45, 2.75) is 20.0 Å². The van der Waals surface area contributed by atoms with Gasteiger partial charge in [-0.1, -0.05) is 6.58 Å². The maximum absolute atomic E-state index is 13.0. The highest BCUT2D eigenvalue weighted by Gasteiger charge is 2.26. The van der Waals surface area contributed by atoms with E-state index in [0.717, 1.165) is 54.7 Å². The number of likely N-dealkylation sites (N-methyl/N-ethyl adjacent to an activating group) is 1. The molecule has 6 heteroatoms. The minimum atomic E-state index is 0.0483. The third-order valence-electron chi connectivity index (χ3n) is 5.28. The van der Waals surface area contributed by atoms with Crippen molar-refractivity contribution < 1.29 is 9.53 Å². The summed E-state index contributed by atoms with van der Waals surface area (Å²) >= 11 is 0. The van der Waals surface area contributed by atoms with Gasteiger partial charge >= 0.3 is 0 Å². The number of aromatic amines is 1. The van der Waals surface area contributed by atoms with Crippen LogP contribution in [0.3, 0.4) is 0 Å². The number of piperazine rings is 1. The maximum atomic E-state index is 13.0. The van der Waals surface area contributed by atoms with Gasteiger partial charge in [0.1, 0.15) is 17.3 Å². The number of amides is 1. The summed E-state index contributed by atoms with van der Waals surface area (Å²) in [6.07, 6.45) is 4.10. The summed E-state index contributed by atoms with van der Waals surface area (Å²) in [6.45, 7) is 11.5. The molecule has 1 saturated heterocycles. The van der Waals surface area contributed by atoms with Crippen molar-refractivity contribution in [1.82, 2.24) is 14.8 Å². The number of hydrogen-bond acceptors (Lipinski definition) is 4. The molecule has 3 heterocycles. The fourth-order valence-electron chi connectivity index (χ4n) is 3.71. The molecule has 4 rings (SSSR count). The van der Waals surface area contributed by atoms with Gasteiger partial charge in [-0.05, 0) is 63.4 Å². The van der Waals surface area contributed by atoms with E-state index in [-0.39, 0.29) is 12.0 Å². The summed E-state index contributed by atoms with van der Waals surface area (Å²) in [4.78, 5) is 22.5. The van der Waals surface area contributed by atoms with E-state index in [1.165, 1.54) is 0 Å². The quantitative estimate of drug-likeness (QED) is 0.858. The van der Waals surface area contributed by atoms with Crippen molar-refractivity contribution in [1.29, 1.82) is 0 Å². The highest BCUT2D eigenvalue weighted by Crippen LogP contribution is 2.37. The van der Waals surface area contributed by atoms with Crippen LogP contribution in [0.1, 0.15) is 29.9 Å². The number of carbonyl (C=O) groups is 1. The Hall–Kier alpha value is -2.99. The number of fused-ring (bicyclic) bond motifs is 1. The van der Waals surface area contributed by atoms with E-state index in [1.54, 1.807) is 0 Å². The van der Waals surface area contributed by atoms with Gasteiger partial charge in [0.15, 0.2) is 0 Å². The van der Waals surface area contributed by atoms with E-state index in [4.69, 9.17) is 4.74 Å². The second-order valence-corrected chi connectivity index (χ2v) is 7.90. The Morgan fingerprint density at radius 3 is 2.45 bits per heavy atom. The van der Waals surface area contributed by atoms with Gasteiger partial charge in [0.25, 0.3) is 5.91 Å². The summed E-state index contributed by atoms with van der Waals surface area (Å²) in [6, 6.07) is 9.87. The molecule has 152 valence electrons. The molecule has 1 aromatic heterocycles. The van der Waals surface area contributed by atoms with Gasteiger partial charge in [0, 0.05) is 43.1 Å². The average Bonchev–Trinajstić information content (AvgIpc) is 3.12. The second-order valence-electron chi connectivity index (χ2n) is 7.90. The Morgan fingerprint density at radius 1 is 1.10 bits per heavy atom. The predicted octanol–water partition coefficient (Wildman–Crippen LogP) is 3.87. The Bertz CT molecular complexity index is 934. The summed E-state index contributed by atoms with van der Waals surface area (Å²) < 4.78 is 5.75. The molecular formula is C23H28N4O2. The Labute approximate surface area is 172 Å². The standard InChI is InChI=1S/C23H28N4O2/c1-16(2)29-20-9-7-19(8-10-20)27-17(3)5-6-18-15-21(24-22(18)27)23(28)26-13-11-25(4)12-14-26/h5-10,15-16,24H,3,11-14H2,1-2,4H3. The highest BCUT2D eigenvalue weighted by atomic mass is 16.5. The van der Waals surface area contributed by atoms with Crippen molar-refractivity contribution in [3.05, 3.63) is 59.9 Å². The number of H-pyrrole nitrogens is 1. The van der Waals surface area contributed by atoms with Crippen LogP contribution in [0.15, 0.2) is 48.7 Å². The van der Waals surface area contributed by atoms with Crippen LogP contribution in [0, 0.1) is 0 Å². The molecule has 2 aliphatic heterocycles. The second kappa shape index (κ2) is 7.79. The molecule has 1 aromatic carbocycles. The van der Waals surface area contributed by atoms with E-state index in [9.17, 15) is 4.79 Å². The van der Waals surface area contributed by atoms with E-state index in [0.29, 0.717) is 5.69 Å². The number of anilines is 2. The van der Waals surface area contributed by atoms with Gasteiger partial charge in [-0.25, -0.2) is 0 Å². The number of nitrogens with one attached hydrogen (secondary N) is 1. The third-order valence-corrected chi connectivity index (χ3v) is 5.28. The van der Waals surface area contributed by atoms with Gasteiger partial charge in [0.05, 0.1) is 6.10 Å². The summed E-state index contributed by atoms with van der Waals surface area (Å²) in [5, 5.41) is 0. The van der Waals surface area contributed by atoms with Crippen LogP contribution < -0.4 is 9.64 Å². The first-order chi connectivity index (χ1) is 13.9. The summed E-state index contributed by atoms with van der Waals surface area (Å²) in [5.41, 5.74) is 3.41. The summed E-state index contributed by atoms with van der Waals surface area (Å²) in [5.74, 6) is 1.75. The third kappa shape index (κ3) is 3.93. The Kier molecular flexibility index (Phi) is 5.20. The molecule has 2 aromatic rings. The largest absolute Gasteiger partial charge is 0.491 e. The lowest BCUT2D eigenvalue weighted by atomic mass is 10.1. The minimum absolute atomic E-state index is 0.0483. The van der Waals surface area contributed by atoms with Crippen molar-refractivity contribution >= 4 is 23.5 Å². The van der Waals surface area contributed by atoms with Crippen LogP contribution in [0.2, 0.25) is 0 Å². The molecular weight excluding hydrogens is 364 g/mol. The molecule has 0 aliphatic carbocycles. The van der Waals surface area contributed by atoms with E-state index >= 15 is 0 Å². The van der Waals surface area contributed by atoms with Crippen molar-refractivity contribution in [2.75, 3.05) is 38.1 Å². The van der Waals surface area contributed by atoms with Crippen LogP contribution in [0.4, 0.5) is 11.5 Å². The molecule has 0 unspecified atom stereocenters. The van der Waals surface area contributed by atoms with E-state index < -0.39 is 0 Å². The van der Waals surface area contributed by atoms with Crippen molar-refractivity contribution in [2.24, 2.45) is 0 Å². The minimum Gasteiger partial charge on any atom is -0.491 e. The SMILES string of the molecule is C=C1C=Cc2cc(C(=O)N3CCN(C)CC3)[nH]c2N1c1ccc(OC(C)C)cc1. The van der Waals surface area contributed by atoms with E-state index in [1.807, 2.05) is 66.1 Å². The zero-order valence-electron chi connectivity index (χ0n) is 17.3. The molecule has 0 atom stereocenters. The first kappa shape index (κ1) is 19.3. The molecule has 0 bridgehead atoms. The molecule has 1 fully saturated rings. The van der Waals surface area contributed by atoms with E-state index in [2.05, 4.69) is 23.5 Å². The Morgan fingerprint density at radius 2 is 1.79 bits per heavy atom. The molecule has 1 N–H and O–H groups in total. The number of benzene rings is 1.